The summed E-state index contributed by atoms with van der Waals surface area (Å²) in [5, 5.41) is 8.96. The molecule has 2 fully saturated rings. The van der Waals surface area contributed by atoms with Gasteiger partial charge in [-0.2, -0.15) is 0 Å². The van der Waals surface area contributed by atoms with Gasteiger partial charge in [0.2, 0.25) is 11.8 Å². The largest absolute Gasteiger partial charge is 0.347 e. The van der Waals surface area contributed by atoms with Gasteiger partial charge in [-0.1, -0.05) is 19.1 Å². The lowest BCUT2D eigenvalue weighted by Crippen LogP contribution is -2.37. The maximum absolute atomic E-state index is 12.2. The van der Waals surface area contributed by atoms with Crippen LogP contribution in [0.4, 0.5) is 5.69 Å². The van der Waals surface area contributed by atoms with Crippen LogP contribution < -0.4 is 16.0 Å². The second-order valence-corrected chi connectivity index (χ2v) is 6.69. The van der Waals surface area contributed by atoms with E-state index < -0.39 is 0 Å². The van der Waals surface area contributed by atoms with Crippen molar-refractivity contribution in [3.8, 4) is 0 Å². The maximum Gasteiger partial charge on any atom is 0.243 e. The number of carbonyl (C=O) groups excluding carboxylic acids is 2. The summed E-state index contributed by atoms with van der Waals surface area (Å²) in [5.74, 6) is -0.0446. The van der Waals surface area contributed by atoms with E-state index in [1.54, 1.807) is 0 Å². The van der Waals surface area contributed by atoms with E-state index in [9.17, 15) is 9.59 Å². The van der Waals surface area contributed by atoms with E-state index in [1.165, 1.54) is 5.56 Å². The molecule has 2 aliphatic rings. The molecular weight excluding hydrogens is 326 g/mol. The van der Waals surface area contributed by atoms with Crippen LogP contribution >= 0.6 is 12.4 Å². The molecule has 2 amide bonds. The summed E-state index contributed by atoms with van der Waals surface area (Å²) in [6.07, 6.45) is 4.04. The van der Waals surface area contributed by atoms with E-state index in [4.69, 9.17) is 0 Å². The van der Waals surface area contributed by atoms with Gasteiger partial charge >= 0.3 is 0 Å². The van der Waals surface area contributed by atoms with Crippen molar-refractivity contribution in [2.75, 3.05) is 25.0 Å². The standard InChI is InChI=1S/C18H25N3O2.ClH/c1-2-13-4-3-5-14(10-13)21-16(22)12-20-17(23)15-11-18(15)6-8-19-9-7-18;/h3-5,10,15,19H,2,6-9,11-12H2,1H3,(H,20,23)(H,21,22);1H. The van der Waals surface area contributed by atoms with E-state index in [1.807, 2.05) is 24.3 Å². The van der Waals surface area contributed by atoms with Gasteiger partial charge in [0.25, 0.3) is 0 Å². The van der Waals surface area contributed by atoms with Crippen molar-refractivity contribution < 1.29 is 9.59 Å². The summed E-state index contributed by atoms with van der Waals surface area (Å²) in [6.45, 7) is 4.11. The van der Waals surface area contributed by atoms with Gasteiger partial charge in [0, 0.05) is 11.6 Å². The van der Waals surface area contributed by atoms with E-state index in [0.717, 1.165) is 44.5 Å². The second kappa shape index (κ2) is 7.99. The van der Waals surface area contributed by atoms with Gasteiger partial charge in [0.15, 0.2) is 0 Å². The highest BCUT2D eigenvalue weighted by Gasteiger charge is 2.57. The zero-order chi connectivity index (χ0) is 16.3. The minimum atomic E-state index is -0.174. The fourth-order valence-electron chi connectivity index (χ4n) is 3.56. The molecule has 1 aromatic carbocycles. The van der Waals surface area contributed by atoms with Gasteiger partial charge in [-0.15, -0.1) is 12.4 Å². The molecule has 0 aromatic heterocycles. The molecule has 1 aromatic rings. The molecule has 132 valence electrons. The van der Waals surface area contributed by atoms with Crippen LogP contribution in [0.1, 0.15) is 31.7 Å². The normalized spacial score (nSPS) is 20.8. The van der Waals surface area contributed by atoms with Gasteiger partial charge in [-0.3, -0.25) is 9.59 Å². The number of carbonyl (C=O) groups is 2. The van der Waals surface area contributed by atoms with E-state index >= 15 is 0 Å². The Hall–Kier alpha value is -1.59. The summed E-state index contributed by atoms with van der Waals surface area (Å²) in [4.78, 5) is 24.2. The number of hydrogen-bond acceptors (Lipinski definition) is 3. The van der Waals surface area contributed by atoms with Crippen LogP contribution in [0.15, 0.2) is 24.3 Å². The van der Waals surface area contributed by atoms with Crippen LogP contribution in [0.3, 0.4) is 0 Å². The molecule has 1 heterocycles. The molecule has 1 atom stereocenters. The van der Waals surface area contributed by atoms with E-state index in [0.29, 0.717) is 0 Å². The quantitative estimate of drug-likeness (QED) is 0.761. The Morgan fingerprint density at radius 1 is 1.29 bits per heavy atom. The highest BCUT2D eigenvalue weighted by atomic mass is 35.5. The minimum absolute atomic E-state index is 0. The van der Waals surface area contributed by atoms with E-state index in [2.05, 4.69) is 22.9 Å². The SMILES string of the molecule is CCc1cccc(NC(=O)CNC(=O)C2CC23CCNCC3)c1.Cl. The van der Waals surface area contributed by atoms with Gasteiger partial charge < -0.3 is 16.0 Å². The molecule has 1 unspecified atom stereocenters. The summed E-state index contributed by atoms with van der Waals surface area (Å²) >= 11 is 0. The van der Waals surface area contributed by atoms with Crippen molar-refractivity contribution in [2.24, 2.45) is 11.3 Å². The van der Waals surface area contributed by atoms with Crippen LogP contribution in [0.2, 0.25) is 0 Å². The number of amides is 2. The first-order valence-corrected chi connectivity index (χ1v) is 8.50. The fourth-order valence-corrected chi connectivity index (χ4v) is 3.56. The van der Waals surface area contributed by atoms with Crippen molar-refractivity contribution in [1.82, 2.24) is 10.6 Å². The molecule has 1 saturated heterocycles. The van der Waals surface area contributed by atoms with Crippen LogP contribution in [0.25, 0.3) is 0 Å². The number of hydrogen-bond donors (Lipinski definition) is 3. The number of anilines is 1. The Kier molecular flexibility index (Phi) is 6.24. The molecule has 6 heteroatoms. The Morgan fingerprint density at radius 2 is 2.04 bits per heavy atom. The molecule has 1 aliphatic heterocycles. The van der Waals surface area contributed by atoms with Crippen molar-refractivity contribution >= 4 is 29.9 Å². The van der Waals surface area contributed by atoms with Crippen molar-refractivity contribution in [2.45, 2.75) is 32.6 Å². The van der Waals surface area contributed by atoms with Crippen LogP contribution in [0.5, 0.6) is 0 Å². The topological polar surface area (TPSA) is 70.2 Å². The number of halogens is 1. The monoisotopic (exact) mass is 351 g/mol. The molecule has 0 bridgehead atoms. The van der Waals surface area contributed by atoms with Crippen molar-refractivity contribution in [3.63, 3.8) is 0 Å². The average molecular weight is 352 g/mol. The van der Waals surface area contributed by atoms with Gasteiger partial charge in [-0.05, 0) is 61.9 Å². The summed E-state index contributed by atoms with van der Waals surface area (Å²) in [7, 11) is 0. The first-order valence-electron chi connectivity index (χ1n) is 8.50. The molecule has 3 rings (SSSR count). The minimum Gasteiger partial charge on any atom is -0.347 e. The second-order valence-electron chi connectivity index (χ2n) is 6.69. The summed E-state index contributed by atoms with van der Waals surface area (Å²) < 4.78 is 0. The lowest BCUT2D eigenvalue weighted by Gasteiger charge is -2.23. The van der Waals surface area contributed by atoms with Gasteiger partial charge in [0.1, 0.15) is 0 Å². The Bertz CT molecular complexity index is 600. The third-order valence-electron chi connectivity index (χ3n) is 5.15. The van der Waals surface area contributed by atoms with E-state index in [-0.39, 0.29) is 42.1 Å². The predicted molar refractivity (Wildman–Crippen MR) is 97.4 cm³/mol. The third kappa shape index (κ3) is 4.28. The number of piperidine rings is 1. The number of benzene rings is 1. The number of rotatable bonds is 5. The summed E-state index contributed by atoms with van der Waals surface area (Å²) in [6, 6.07) is 7.79. The molecule has 3 N–H and O–H groups in total. The molecule has 1 spiro atoms. The first-order chi connectivity index (χ1) is 11.1. The molecule has 1 aliphatic carbocycles. The van der Waals surface area contributed by atoms with Crippen LogP contribution in [-0.4, -0.2) is 31.4 Å². The van der Waals surface area contributed by atoms with Crippen molar-refractivity contribution in [3.05, 3.63) is 29.8 Å². The summed E-state index contributed by atoms with van der Waals surface area (Å²) in [5.41, 5.74) is 2.17. The molecule has 0 radical (unpaired) electrons. The highest BCUT2D eigenvalue weighted by Crippen LogP contribution is 2.58. The Morgan fingerprint density at radius 3 is 2.75 bits per heavy atom. The smallest absolute Gasteiger partial charge is 0.243 e. The Balaban J connectivity index is 0.00000208. The maximum atomic E-state index is 12.2. The third-order valence-corrected chi connectivity index (χ3v) is 5.15. The van der Waals surface area contributed by atoms with Crippen LogP contribution in [0, 0.1) is 11.3 Å². The lowest BCUT2D eigenvalue weighted by molar-refractivity contribution is -0.125. The predicted octanol–water partition coefficient (Wildman–Crippen LogP) is 2.12. The molecule has 5 nitrogen and oxygen atoms in total. The van der Waals surface area contributed by atoms with Crippen LogP contribution in [-0.2, 0) is 16.0 Å². The number of aryl methyl sites for hydroxylation is 1. The molecule has 24 heavy (non-hydrogen) atoms. The average Bonchev–Trinajstić information content (AvgIpc) is 3.26. The lowest BCUT2D eigenvalue weighted by atomic mass is 9.92. The molecular formula is C18H26ClN3O2. The zero-order valence-electron chi connectivity index (χ0n) is 14.1. The molecule has 1 saturated carbocycles. The fraction of sp³-hybridized carbons (Fsp3) is 0.556. The number of nitrogens with one attached hydrogen (secondary N) is 3. The van der Waals surface area contributed by atoms with Gasteiger partial charge in [-0.25, -0.2) is 0 Å². The first kappa shape index (κ1) is 18.7. The van der Waals surface area contributed by atoms with Gasteiger partial charge in [0.05, 0.1) is 6.54 Å². The Labute approximate surface area is 149 Å². The zero-order valence-corrected chi connectivity index (χ0v) is 14.9. The highest BCUT2D eigenvalue weighted by molar-refractivity contribution is 5.95. The van der Waals surface area contributed by atoms with Crippen molar-refractivity contribution in [1.29, 1.82) is 0 Å².